The Labute approximate surface area is 99.7 Å². The van der Waals surface area contributed by atoms with Crippen LogP contribution in [0.2, 0.25) is 0 Å². The highest BCUT2D eigenvalue weighted by Crippen LogP contribution is 2.08. The molecule has 0 spiro atoms. The van der Waals surface area contributed by atoms with E-state index in [1.165, 1.54) is 0 Å². The van der Waals surface area contributed by atoms with Crippen LogP contribution in [-0.4, -0.2) is 23.1 Å². The largest absolute Gasteiger partial charge is 0.236 e. The number of rotatable bonds is 2. The number of hydrogen-bond donors (Lipinski definition) is 1. The van der Waals surface area contributed by atoms with Crippen molar-refractivity contribution in [2.24, 2.45) is 5.14 Å². The highest BCUT2D eigenvalue weighted by molar-refractivity contribution is 8.13. The van der Waals surface area contributed by atoms with Crippen LogP contribution >= 0.6 is 10.7 Å². The van der Waals surface area contributed by atoms with Gasteiger partial charge in [0.15, 0.2) is 0 Å². The van der Waals surface area contributed by atoms with Crippen molar-refractivity contribution in [2.45, 2.75) is 5.75 Å². The number of nitrogens with two attached hydrogens (primary N) is 1. The predicted molar refractivity (Wildman–Crippen MR) is 64.0 cm³/mol. The highest BCUT2D eigenvalue weighted by atomic mass is 35.7. The topological polar surface area (TPSA) is 94.3 Å². The van der Waals surface area contributed by atoms with Gasteiger partial charge in [0.05, 0.1) is 12.0 Å². The van der Waals surface area contributed by atoms with E-state index in [2.05, 4.69) is 5.14 Å². The lowest BCUT2D eigenvalue weighted by Crippen LogP contribution is -2.07. The number of primary sulfonamides is 1. The Balaban J connectivity index is 0.000000385. The molecule has 0 aliphatic carbocycles. The maximum absolute atomic E-state index is 10.6. The Hall–Kier alpha value is -0.630. The lowest BCUT2D eigenvalue weighted by Gasteiger charge is -1.94. The Morgan fingerprint density at radius 2 is 1.50 bits per heavy atom. The monoisotopic (exact) mass is 285 g/mol. The zero-order valence-corrected chi connectivity index (χ0v) is 10.9. The molecule has 0 aliphatic rings. The fraction of sp³-hybridized carbons (Fsp3) is 0.250. The molecule has 1 aromatic carbocycles. The summed E-state index contributed by atoms with van der Waals surface area (Å²) in [5, 5.41) is 4.33. The normalized spacial score (nSPS) is 11.4. The summed E-state index contributed by atoms with van der Waals surface area (Å²) in [6.45, 7) is 0. The highest BCUT2D eigenvalue weighted by Gasteiger charge is 2.04. The number of hydrogen-bond acceptors (Lipinski definition) is 4. The van der Waals surface area contributed by atoms with Gasteiger partial charge in [0, 0.05) is 10.7 Å². The molecule has 0 saturated carbocycles. The minimum atomic E-state index is -3.40. The van der Waals surface area contributed by atoms with Crippen molar-refractivity contribution in [3.8, 4) is 0 Å². The summed E-state index contributed by atoms with van der Waals surface area (Å²) in [5.74, 6) is -0.102. The first-order valence-electron chi connectivity index (χ1n) is 4.02. The molecule has 16 heavy (non-hydrogen) atoms. The van der Waals surface area contributed by atoms with Gasteiger partial charge in [-0.25, -0.2) is 22.0 Å². The van der Waals surface area contributed by atoms with Crippen LogP contribution in [0.3, 0.4) is 0 Å². The van der Waals surface area contributed by atoms with Gasteiger partial charge >= 0.3 is 0 Å². The molecular weight excluding hydrogens is 274 g/mol. The Bertz CT molecular complexity index is 502. The second kappa shape index (κ2) is 6.19. The summed E-state index contributed by atoms with van der Waals surface area (Å²) in [4.78, 5) is 0. The molecule has 2 N–H and O–H groups in total. The van der Waals surface area contributed by atoms with Gasteiger partial charge in [-0.1, -0.05) is 30.3 Å². The molecule has 0 heterocycles. The van der Waals surface area contributed by atoms with Gasteiger partial charge < -0.3 is 0 Å². The van der Waals surface area contributed by atoms with E-state index in [1.54, 1.807) is 24.3 Å². The molecule has 1 rings (SSSR count). The number of halogens is 1. The van der Waals surface area contributed by atoms with Gasteiger partial charge in [-0.3, -0.25) is 0 Å². The van der Waals surface area contributed by atoms with Crippen LogP contribution in [0.4, 0.5) is 0 Å². The SMILES string of the molecule is CS(N)(=O)=O.O=S(=O)(Cl)Cc1ccccc1. The molecule has 8 heteroatoms. The van der Waals surface area contributed by atoms with E-state index >= 15 is 0 Å². The second-order valence-corrected chi connectivity index (χ2v) is 7.43. The molecule has 0 aliphatic heterocycles. The Morgan fingerprint density at radius 3 is 1.81 bits per heavy atom. The third kappa shape index (κ3) is 13.4. The summed E-state index contributed by atoms with van der Waals surface area (Å²) in [6, 6.07) is 8.82. The van der Waals surface area contributed by atoms with Crippen molar-refractivity contribution in [3.05, 3.63) is 35.9 Å². The van der Waals surface area contributed by atoms with Crippen molar-refractivity contribution in [1.29, 1.82) is 0 Å². The van der Waals surface area contributed by atoms with Gasteiger partial charge in [0.2, 0.25) is 19.1 Å². The molecule has 0 unspecified atom stereocenters. The predicted octanol–water partition coefficient (Wildman–Crippen LogP) is 0.660. The molecule has 0 amide bonds. The van der Waals surface area contributed by atoms with Crippen molar-refractivity contribution in [1.82, 2.24) is 0 Å². The average molecular weight is 286 g/mol. The quantitative estimate of drug-likeness (QED) is 0.808. The molecular formula is C8H12ClNO4S2. The lowest BCUT2D eigenvalue weighted by atomic mass is 10.2. The number of benzene rings is 1. The van der Waals surface area contributed by atoms with Gasteiger partial charge in [0.1, 0.15) is 0 Å². The van der Waals surface area contributed by atoms with Crippen molar-refractivity contribution in [3.63, 3.8) is 0 Å². The van der Waals surface area contributed by atoms with Crippen LogP contribution < -0.4 is 5.14 Å². The third-order valence-electron chi connectivity index (χ3n) is 1.18. The summed E-state index contributed by atoms with van der Waals surface area (Å²) < 4.78 is 40.0. The Morgan fingerprint density at radius 1 is 1.12 bits per heavy atom. The number of sulfonamides is 1. The fourth-order valence-corrected chi connectivity index (χ4v) is 1.74. The van der Waals surface area contributed by atoms with E-state index in [9.17, 15) is 16.8 Å². The molecule has 1 aromatic rings. The molecule has 0 saturated heterocycles. The first-order chi connectivity index (χ1) is 7.08. The van der Waals surface area contributed by atoms with Crippen LogP contribution in [0.5, 0.6) is 0 Å². The second-order valence-electron chi connectivity index (χ2n) is 3.00. The molecule has 0 fully saturated rings. The molecule has 0 radical (unpaired) electrons. The van der Waals surface area contributed by atoms with Gasteiger partial charge in [-0.15, -0.1) is 0 Å². The minimum absolute atomic E-state index is 0.102. The minimum Gasteiger partial charge on any atom is -0.229 e. The Kier molecular flexibility index (Phi) is 5.95. The van der Waals surface area contributed by atoms with E-state index in [-0.39, 0.29) is 5.75 Å². The summed E-state index contributed by atoms with van der Waals surface area (Å²) >= 11 is 0. The van der Waals surface area contributed by atoms with Crippen LogP contribution in [0.1, 0.15) is 5.56 Å². The maximum atomic E-state index is 10.6. The van der Waals surface area contributed by atoms with E-state index in [1.807, 2.05) is 6.07 Å². The fourth-order valence-electron chi connectivity index (χ4n) is 0.773. The average Bonchev–Trinajstić information content (AvgIpc) is 1.99. The molecule has 5 nitrogen and oxygen atoms in total. The van der Waals surface area contributed by atoms with E-state index in [0.29, 0.717) is 5.56 Å². The van der Waals surface area contributed by atoms with Gasteiger partial charge in [-0.05, 0) is 5.56 Å². The van der Waals surface area contributed by atoms with Crippen LogP contribution in [0.25, 0.3) is 0 Å². The maximum Gasteiger partial charge on any atom is 0.236 e. The van der Waals surface area contributed by atoms with Gasteiger partial charge in [0.25, 0.3) is 0 Å². The molecule has 0 bridgehead atoms. The van der Waals surface area contributed by atoms with Crippen LogP contribution in [0.15, 0.2) is 30.3 Å². The van der Waals surface area contributed by atoms with E-state index in [4.69, 9.17) is 10.7 Å². The van der Waals surface area contributed by atoms with Crippen LogP contribution in [0, 0.1) is 0 Å². The smallest absolute Gasteiger partial charge is 0.229 e. The molecule has 0 aromatic heterocycles. The first kappa shape index (κ1) is 15.4. The zero-order chi connectivity index (χ0) is 12.8. The van der Waals surface area contributed by atoms with Gasteiger partial charge in [-0.2, -0.15) is 0 Å². The lowest BCUT2D eigenvalue weighted by molar-refractivity contribution is 0.603. The zero-order valence-electron chi connectivity index (χ0n) is 8.50. The molecule has 0 atom stereocenters. The summed E-state index contributed by atoms with van der Waals surface area (Å²) in [5.41, 5.74) is 0.711. The summed E-state index contributed by atoms with van der Waals surface area (Å²) in [7, 11) is -1.53. The van der Waals surface area contributed by atoms with Crippen LogP contribution in [-0.2, 0) is 24.8 Å². The van der Waals surface area contributed by atoms with Crippen molar-refractivity contribution >= 4 is 29.8 Å². The third-order valence-corrected chi connectivity index (χ3v) is 2.19. The first-order valence-corrected chi connectivity index (χ1v) is 8.45. The van der Waals surface area contributed by atoms with E-state index < -0.39 is 19.1 Å². The standard InChI is InChI=1S/C7H7ClO2S.CH5NO2S/c8-11(9,10)6-7-4-2-1-3-5-7;1-5(2,3)4/h1-5H,6H2;1H3,(H2,2,3,4). The van der Waals surface area contributed by atoms with Crippen molar-refractivity contribution in [2.75, 3.05) is 6.26 Å². The van der Waals surface area contributed by atoms with E-state index in [0.717, 1.165) is 6.26 Å². The molecule has 92 valence electrons. The summed E-state index contributed by atoms with van der Waals surface area (Å²) in [6.07, 6.45) is 0.938. The van der Waals surface area contributed by atoms with Crippen molar-refractivity contribution < 1.29 is 16.8 Å².